The average molecular weight is 269 g/mol. The van der Waals surface area contributed by atoms with Crippen LogP contribution in [0.5, 0.6) is 0 Å². The lowest BCUT2D eigenvalue weighted by Crippen LogP contribution is -2.21. The Labute approximate surface area is 108 Å². The number of H-pyrrole nitrogens is 1. The zero-order valence-electron chi connectivity index (χ0n) is 10.2. The van der Waals surface area contributed by atoms with Crippen LogP contribution in [0.15, 0.2) is 36.5 Å². The van der Waals surface area contributed by atoms with Gasteiger partial charge in [0.1, 0.15) is 0 Å². The molecule has 102 valence electrons. The Kier molecular flexibility index (Phi) is 4.21. The van der Waals surface area contributed by atoms with Crippen LogP contribution in [-0.2, 0) is 6.54 Å². The number of hydrogen-bond acceptors (Lipinski definition) is 2. The van der Waals surface area contributed by atoms with E-state index in [0.717, 1.165) is 16.8 Å². The van der Waals surface area contributed by atoms with Gasteiger partial charge in [-0.15, -0.1) is 0 Å². The first-order chi connectivity index (χ1) is 9.06. The zero-order valence-corrected chi connectivity index (χ0v) is 10.2. The summed E-state index contributed by atoms with van der Waals surface area (Å²) >= 11 is 0. The van der Waals surface area contributed by atoms with Gasteiger partial charge in [0.05, 0.1) is 18.3 Å². The minimum atomic E-state index is -4.12. The molecule has 0 unspecified atom stereocenters. The zero-order chi connectivity index (χ0) is 13.7. The van der Waals surface area contributed by atoms with E-state index >= 15 is 0 Å². The fraction of sp³-hybridized carbons (Fsp3) is 0.308. The lowest BCUT2D eigenvalue weighted by molar-refractivity contribution is -0.133. The molecule has 0 fully saturated rings. The van der Waals surface area contributed by atoms with Crippen molar-refractivity contribution in [1.82, 2.24) is 15.5 Å². The van der Waals surface area contributed by atoms with Gasteiger partial charge in [-0.3, -0.25) is 5.10 Å². The maximum absolute atomic E-state index is 12.0. The largest absolute Gasteiger partial charge is 0.390 e. The molecular formula is C13H14F3N3. The first-order valence-corrected chi connectivity index (χ1v) is 5.91. The third-order valence-corrected chi connectivity index (χ3v) is 2.68. The number of alkyl halides is 3. The summed E-state index contributed by atoms with van der Waals surface area (Å²) in [4.78, 5) is 0. The quantitative estimate of drug-likeness (QED) is 0.819. The molecule has 0 saturated heterocycles. The number of rotatable bonds is 5. The molecule has 0 amide bonds. The predicted molar refractivity (Wildman–Crippen MR) is 66.4 cm³/mol. The second kappa shape index (κ2) is 5.88. The van der Waals surface area contributed by atoms with Gasteiger partial charge in [-0.05, 0) is 5.56 Å². The molecule has 0 aliphatic heterocycles. The molecule has 2 rings (SSSR count). The van der Waals surface area contributed by atoms with E-state index in [4.69, 9.17) is 0 Å². The summed E-state index contributed by atoms with van der Waals surface area (Å²) in [6.45, 7) is 0.264. The highest BCUT2D eigenvalue weighted by atomic mass is 19.4. The molecule has 1 aromatic heterocycles. The van der Waals surface area contributed by atoms with Crippen LogP contribution in [0.1, 0.15) is 12.0 Å². The Morgan fingerprint density at radius 2 is 1.89 bits per heavy atom. The first kappa shape index (κ1) is 13.6. The number of aromatic amines is 1. The van der Waals surface area contributed by atoms with Gasteiger partial charge in [-0.2, -0.15) is 18.3 Å². The van der Waals surface area contributed by atoms with Crippen LogP contribution in [0.4, 0.5) is 13.2 Å². The number of nitrogens with one attached hydrogen (secondary N) is 2. The molecule has 0 radical (unpaired) electrons. The Morgan fingerprint density at radius 1 is 1.16 bits per heavy atom. The molecule has 0 aliphatic rings. The molecule has 0 aliphatic carbocycles. The third-order valence-electron chi connectivity index (χ3n) is 2.68. The van der Waals surface area contributed by atoms with Gasteiger partial charge in [0, 0.05) is 18.7 Å². The third kappa shape index (κ3) is 4.10. The lowest BCUT2D eigenvalue weighted by atomic mass is 10.1. The minimum Gasteiger partial charge on any atom is -0.312 e. The molecule has 3 nitrogen and oxygen atoms in total. The van der Waals surface area contributed by atoms with Crippen molar-refractivity contribution < 1.29 is 13.2 Å². The van der Waals surface area contributed by atoms with Crippen molar-refractivity contribution in [2.24, 2.45) is 0 Å². The number of nitrogens with zero attached hydrogens (tertiary/aromatic N) is 1. The highest BCUT2D eigenvalue weighted by molar-refractivity contribution is 5.62. The van der Waals surface area contributed by atoms with Crippen LogP contribution < -0.4 is 5.32 Å². The van der Waals surface area contributed by atoms with Crippen LogP contribution in [-0.4, -0.2) is 22.9 Å². The van der Waals surface area contributed by atoms with E-state index in [9.17, 15) is 13.2 Å². The summed E-state index contributed by atoms with van der Waals surface area (Å²) in [7, 11) is 0. The number of hydrogen-bond donors (Lipinski definition) is 2. The Morgan fingerprint density at radius 3 is 2.58 bits per heavy atom. The van der Waals surface area contributed by atoms with Crippen molar-refractivity contribution in [2.45, 2.75) is 19.1 Å². The normalized spacial score (nSPS) is 11.7. The summed E-state index contributed by atoms with van der Waals surface area (Å²) in [6, 6.07) is 9.55. The van der Waals surface area contributed by atoms with Crippen LogP contribution in [0.25, 0.3) is 11.3 Å². The monoisotopic (exact) mass is 269 g/mol. The van der Waals surface area contributed by atoms with Crippen molar-refractivity contribution in [2.75, 3.05) is 6.54 Å². The van der Waals surface area contributed by atoms with Crippen molar-refractivity contribution in [3.8, 4) is 11.3 Å². The molecule has 2 aromatic rings. The molecule has 6 heteroatoms. The molecule has 0 saturated carbocycles. The van der Waals surface area contributed by atoms with E-state index in [2.05, 4.69) is 15.5 Å². The summed E-state index contributed by atoms with van der Waals surface area (Å²) in [5.74, 6) is 0. The Bertz CT molecular complexity index is 505. The second-order valence-corrected chi connectivity index (χ2v) is 4.18. The van der Waals surface area contributed by atoms with Crippen molar-refractivity contribution in [1.29, 1.82) is 0 Å². The Balaban J connectivity index is 1.94. The van der Waals surface area contributed by atoms with Gasteiger partial charge in [-0.1, -0.05) is 30.3 Å². The van der Waals surface area contributed by atoms with Gasteiger partial charge >= 0.3 is 6.18 Å². The highest BCUT2D eigenvalue weighted by Crippen LogP contribution is 2.21. The summed E-state index contributed by atoms with van der Waals surface area (Å²) < 4.78 is 36.0. The maximum Gasteiger partial charge on any atom is 0.390 e. The highest BCUT2D eigenvalue weighted by Gasteiger charge is 2.25. The molecule has 2 N–H and O–H groups in total. The van der Waals surface area contributed by atoms with Crippen LogP contribution in [0, 0.1) is 0 Å². The topological polar surface area (TPSA) is 40.7 Å². The molecular weight excluding hydrogens is 255 g/mol. The maximum atomic E-state index is 12.0. The van der Waals surface area contributed by atoms with Crippen molar-refractivity contribution in [3.63, 3.8) is 0 Å². The first-order valence-electron chi connectivity index (χ1n) is 5.91. The second-order valence-electron chi connectivity index (χ2n) is 4.18. The average Bonchev–Trinajstić information content (AvgIpc) is 2.83. The molecule has 0 bridgehead atoms. The van der Waals surface area contributed by atoms with Gasteiger partial charge in [0.2, 0.25) is 0 Å². The lowest BCUT2D eigenvalue weighted by Gasteiger charge is -2.08. The fourth-order valence-electron chi connectivity index (χ4n) is 1.75. The van der Waals surface area contributed by atoms with Crippen LogP contribution >= 0.6 is 0 Å². The predicted octanol–water partition coefficient (Wildman–Crippen LogP) is 3.12. The van der Waals surface area contributed by atoms with Crippen molar-refractivity contribution >= 4 is 0 Å². The smallest absolute Gasteiger partial charge is 0.312 e. The number of aromatic nitrogens is 2. The van der Waals surface area contributed by atoms with Crippen molar-refractivity contribution in [3.05, 3.63) is 42.1 Å². The molecule has 19 heavy (non-hydrogen) atoms. The van der Waals surface area contributed by atoms with Gasteiger partial charge in [0.25, 0.3) is 0 Å². The SMILES string of the molecule is FC(F)(F)CCNCc1cn[nH]c1-c1ccccc1. The van der Waals surface area contributed by atoms with E-state index in [1.165, 1.54) is 0 Å². The van der Waals surface area contributed by atoms with Crippen LogP contribution in [0.2, 0.25) is 0 Å². The molecule has 1 heterocycles. The molecule has 0 spiro atoms. The van der Waals surface area contributed by atoms with Crippen LogP contribution in [0.3, 0.4) is 0 Å². The standard InChI is InChI=1S/C13H14F3N3/c14-13(15,16)6-7-17-8-11-9-18-19-12(11)10-4-2-1-3-5-10/h1-5,9,17H,6-8H2,(H,18,19). The van der Waals surface area contributed by atoms with Gasteiger partial charge in [-0.25, -0.2) is 0 Å². The number of benzene rings is 1. The molecule has 1 aromatic carbocycles. The van der Waals surface area contributed by atoms with E-state index in [0.29, 0.717) is 6.54 Å². The minimum absolute atomic E-state index is 0.0943. The van der Waals surface area contributed by atoms with E-state index in [-0.39, 0.29) is 6.54 Å². The van der Waals surface area contributed by atoms with E-state index in [1.54, 1.807) is 6.20 Å². The fourth-order valence-corrected chi connectivity index (χ4v) is 1.75. The summed E-state index contributed by atoms with van der Waals surface area (Å²) in [5, 5.41) is 9.58. The van der Waals surface area contributed by atoms with E-state index < -0.39 is 12.6 Å². The summed E-state index contributed by atoms with van der Waals surface area (Å²) in [6.07, 6.45) is -3.32. The van der Waals surface area contributed by atoms with Gasteiger partial charge in [0.15, 0.2) is 0 Å². The van der Waals surface area contributed by atoms with E-state index in [1.807, 2.05) is 30.3 Å². The number of halogens is 3. The summed E-state index contributed by atoms with van der Waals surface area (Å²) in [5.41, 5.74) is 2.65. The Hall–Kier alpha value is -1.82. The van der Waals surface area contributed by atoms with Gasteiger partial charge < -0.3 is 5.32 Å². The molecule has 0 atom stereocenters.